The highest BCUT2D eigenvalue weighted by Gasteiger charge is 2.14. The zero-order valence-electron chi connectivity index (χ0n) is 13.9. The first kappa shape index (κ1) is 15.6. The fourth-order valence-electron chi connectivity index (χ4n) is 2.94. The fourth-order valence-corrected chi connectivity index (χ4v) is 3.89. The monoisotopic (exact) mass is 348 g/mol. The van der Waals surface area contributed by atoms with Crippen LogP contribution < -0.4 is 10.3 Å². The van der Waals surface area contributed by atoms with Gasteiger partial charge in [0.05, 0.1) is 12.5 Å². The number of fused-ring (bicyclic) bond motifs is 1. The number of aromatic amines is 1. The van der Waals surface area contributed by atoms with E-state index in [1.807, 2.05) is 60.8 Å². The van der Waals surface area contributed by atoms with Crippen molar-refractivity contribution >= 4 is 21.6 Å². The molecule has 5 heteroatoms. The maximum atomic E-state index is 12.7. The molecule has 0 fully saturated rings. The molecule has 0 aliphatic heterocycles. The summed E-state index contributed by atoms with van der Waals surface area (Å²) in [5.74, 6) is 1.43. The van der Waals surface area contributed by atoms with Gasteiger partial charge in [0.2, 0.25) is 0 Å². The zero-order valence-corrected chi connectivity index (χ0v) is 14.7. The molecule has 124 valence electrons. The van der Waals surface area contributed by atoms with E-state index in [4.69, 9.17) is 4.74 Å². The van der Waals surface area contributed by atoms with Crippen molar-refractivity contribution in [1.29, 1.82) is 0 Å². The van der Waals surface area contributed by atoms with Gasteiger partial charge in [-0.05, 0) is 30.2 Å². The van der Waals surface area contributed by atoms with Crippen LogP contribution in [0.15, 0.2) is 58.7 Å². The standard InChI is InChI=1S/C20H16N2O2S/c1-12-10-14(8-9-16(12)24-2)15-11-25-20-17(15)19(23)21-18(22-20)13-6-4-3-5-7-13/h3-11H,1-2H3,(H,21,22,23). The van der Waals surface area contributed by atoms with Gasteiger partial charge in [-0.1, -0.05) is 36.4 Å². The molecule has 0 radical (unpaired) electrons. The molecular formula is C20H16N2O2S. The van der Waals surface area contributed by atoms with Gasteiger partial charge in [-0.15, -0.1) is 11.3 Å². The molecule has 2 heterocycles. The van der Waals surface area contributed by atoms with Gasteiger partial charge < -0.3 is 9.72 Å². The molecule has 0 amide bonds. The Bertz CT molecular complexity index is 1110. The number of aryl methyl sites for hydroxylation is 1. The van der Waals surface area contributed by atoms with Crippen LogP contribution in [0, 0.1) is 6.92 Å². The lowest BCUT2D eigenvalue weighted by Crippen LogP contribution is -2.09. The molecule has 0 spiro atoms. The third-order valence-corrected chi connectivity index (χ3v) is 5.07. The molecule has 0 saturated carbocycles. The van der Waals surface area contributed by atoms with Crippen LogP contribution >= 0.6 is 11.3 Å². The van der Waals surface area contributed by atoms with Crippen LogP contribution in [0.25, 0.3) is 32.7 Å². The number of H-pyrrole nitrogens is 1. The molecule has 0 aliphatic rings. The average Bonchev–Trinajstić information content (AvgIpc) is 3.07. The number of hydrogen-bond donors (Lipinski definition) is 1. The highest BCUT2D eigenvalue weighted by molar-refractivity contribution is 7.17. The van der Waals surface area contributed by atoms with Crippen LogP contribution in [0.3, 0.4) is 0 Å². The van der Waals surface area contributed by atoms with Crippen molar-refractivity contribution in [3.63, 3.8) is 0 Å². The van der Waals surface area contributed by atoms with Crippen LogP contribution in [0.4, 0.5) is 0 Å². The number of thiophene rings is 1. The molecule has 4 aromatic rings. The number of aromatic nitrogens is 2. The normalized spacial score (nSPS) is 11.0. The van der Waals surface area contributed by atoms with Crippen LogP contribution in [0.1, 0.15) is 5.56 Å². The number of ether oxygens (including phenoxy) is 1. The molecule has 0 atom stereocenters. The van der Waals surface area contributed by atoms with Gasteiger partial charge >= 0.3 is 0 Å². The van der Waals surface area contributed by atoms with E-state index in [0.717, 1.165) is 32.8 Å². The predicted molar refractivity (Wildman–Crippen MR) is 102 cm³/mol. The van der Waals surface area contributed by atoms with E-state index in [1.54, 1.807) is 7.11 Å². The number of nitrogens with zero attached hydrogens (tertiary/aromatic N) is 1. The van der Waals surface area contributed by atoms with E-state index in [2.05, 4.69) is 9.97 Å². The molecular weight excluding hydrogens is 332 g/mol. The predicted octanol–water partition coefficient (Wildman–Crippen LogP) is 4.64. The minimum Gasteiger partial charge on any atom is -0.496 e. The van der Waals surface area contributed by atoms with E-state index in [1.165, 1.54) is 11.3 Å². The first-order chi connectivity index (χ1) is 12.2. The van der Waals surface area contributed by atoms with E-state index in [-0.39, 0.29) is 5.56 Å². The van der Waals surface area contributed by atoms with Crippen LogP contribution in [0.2, 0.25) is 0 Å². The topological polar surface area (TPSA) is 55.0 Å². The lowest BCUT2D eigenvalue weighted by molar-refractivity contribution is 0.412. The van der Waals surface area contributed by atoms with Gasteiger partial charge in [-0.2, -0.15) is 0 Å². The Morgan fingerprint density at radius 1 is 1.08 bits per heavy atom. The summed E-state index contributed by atoms with van der Waals surface area (Å²) in [6, 6.07) is 15.6. The van der Waals surface area contributed by atoms with Crippen molar-refractivity contribution in [1.82, 2.24) is 9.97 Å². The van der Waals surface area contributed by atoms with E-state index >= 15 is 0 Å². The first-order valence-electron chi connectivity index (χ1n) is 7.89. The van der Waals surface area contributed by atoms with Crippen molar-refractivity contribution in [2.45, 2.75) is 6.92 Å². The molecule has 4 nitrogen and oxygen atoms in total. The van der Waals surface area contributed by atoms with Crippen LogP contribution in [0.5, 0.6) is 5.75 Å². The number of nitrogens with one attached hydrogen (secondary N) is 1. The number of methoxy groups -OCH3 is 1. The summed E-state index contributed by atoms with van der Waals surface area (Å²) in [6.07, 6.45) is 0. The highest BCUT2D eigenvalue weighted by atomic mass is 32.1. The third kappa shape index (κ3) is 2.72. The summed E-state index contributed by atoms with van der Waals surface area (Å²) >= 11 is 1.49. The Kier molecular flexibility index (Phi) is 3.86. The lowest BCUT2D eigenvalue weighted by atomic mass is 10.0. The van der Waals surface area contributed by atoms with Crippen molar-refractivity contribution < 1.29 is 4.74 Å². The number of benzene rings is 2. The summed E-state index contributed by atoms with van der Waals surface area (Å²) in [5.41, 5.74) is 3.71. The quantitative estimate of drug-likeness (QED) is 0.587. The van der Waals surface area contributed by atoms with E-state index < -0.39 is 0 Å². The summed E-state index contributed by atoms with van der Waals surface area (Å²) < 4.78 is 5.32. The Morgan fingerprint density at radius 2 is 1.88 bits per heavy atom. The molecule has 1 N–H and O–H groups in total. The summed E-state index contributed by atoms with van der Waals surface area (Å²) in [6.45, 7) is 1.99. The smallest absolute Gasteiger partial charge is 0.260 e. The highest BCUT2D eigenvalue weighted by Crippen LogP contribution is 2.33. The summed E-state index contributed by atoms with van der Waals surface area (Å²) in [5, 5.41) is 2.62. The average molecular weight is 348 g/mol. The van der Waals surface area contributed by atoms with E-state index in [9.17, 15) is 4.79 Å². The zero-order chi connectivity index (χ0) is 17.4. The molecule has 0 saturated heterocycles. The van der Waals surface area contributed by atoms with Gasteiger partial charge in [0.25, 0.3) is 5.56 Å². The van der Waals surface area contributed by atoms with Gasteiger partial charge in [-0.25, -0.2) is 4.98 Å². The van der Waals surface area contributed by atoms with Crippen LogP contribution in [-0.2, 0) is 0 Å². The van der Waals surface area contributed by atoms with Crippen molar-refractivity contribution in [3.05, 3.63) is 69.8 Å². The van der Waals surface area contributed by atoms with Gasteiger partial charge in [-0.3, -0.25) is 4.79 Å². The maximum Gasteiger partial charge on any atom is 0.260 e. The second kappa shape index (κ2) is 6.18. The van der Waals surface area contributed by atoms with Gasteiger partial charge in [0.15, 0.2) is 0 Å². The lowest BCUT2D eigenvalue weighted by Gasteiger charge is -2.07. The fraction of sp³-hybridized carbons (Fsp3) is 0.100. The van der Waals surface area contributed by atoms with Crippen molar-refractivity contribution in [2.24, 2.45) is 0 Å². The SMILES string of the molecule is COc1ccc(-c2csc3nc(-c4ccccc4)[nH]c(=O)c23)cc1C. The maximum absolute atomic E-state index is 12.7. The Balaban J connectivity index is 1.88. The largest absolute Gasteiger partial charge is 0.496 e. The number of hydrogen-bond acceptors (Lipinski definition) is 4. The van der Waals surface area contributed by atoms with Crippen molar-refractivity contribution in [2.75, 3.05) is 7.11 Å². The first-order valence-corrected chi connectivity index (χ1v) is 8.77. The van der Waals surface area contributed by atoms with Gasteiger partial charge in [0, 0.05) is 16.5 Å². The minimum absolute atomic E-state index is 0.117. The molecule has 0 aliphatic carbocycles. The minimum atomic E-state index is -0.117. The second-order valence-corrected chi connectivity index (χ2v) is 6.65. The third-order valence-electron chi connectivity index (χ3n) is 4.20. The summed E-state index contributed by atoms with van der Waals surface area (Å²) in [7, 11) is 1.65. The Hall–Kier alpha value is -2.92. The Labute approximate surface area is 148 Å². The molecule has 2 aromatic carbocycles. The molecule has 4 rings (SSSR count). The van der Waals surface area contributed by atoms with Gasteiger partial charge in [0.1, 0.15) is 16.4 Å². The number of rotatable bonds is 3. The molecule has 0 bridgehead atoms. The molecule has 25 heavy (non-hydrogen) atoms. The van der Waals surface area contributed by atoms with Crippen molar-refractivity contribution in [3.8, 4) is 28.3 Å². The Morgan fingerprint density at radius 3 is 2.60 bits per heavy atom. The van der Waals surface area contributed by atoms with E-state index in [0.29, 0.717) is 11.2 Å². The molecule has 0 unspecified atom stereocenters. The second-order valence-electron chi connectivity index (χ2n) is 5.79. The molecule has 2 aromatic heterocycles. The summed E-state index contributed by atoms with van der Waals surface area (Å²) in [4.78, 5) is 21.0. The van der Waals surface area contributed by atoms with Crippen LogP contribution in [-0.4, -0.2) is 17.1 Å².